The number of rotatable bonds is 0. The van der Waals surface area contributed by atoms with Gasteiger partial charge >= 0.3 is 0 Å². The molecule has 16 heavy (non-hydrogen) atoms. The quantitative estimate of drug-likeness (QED) is 0.702. The number of aromatic hydroxyl groups is 1. The van der Waals surface area contributed by atoms with Gasteiger partial charge in [-0.2, -0.15) is 0 Å². The molecule has 2 heteroatoms. The van der Waals surface area contributed by atoms with Crippen LogP contribution in [0.25, 0.3) is 0 Å². The molecule has 0 unspecified atom stereocenters. The van der Waals surface area contributed by atoms with E-state index in [1.165, 1.54) is 0 Å². The van der Waals surface area contributed by atoms with Gasteiger partial charge in [0.05, 0.1) is 0 Å². The highest BCUT2D eigenvalue weighted by atomic mass is 32.1. The van der Waals surface area contributed by atoms with Gasteiger partial charge in [0.25, 0.3) is 0 Å². The Balaban J connectivity index is 3.51. The van der Waals surface area contributed by atoms with E-state index in [1.54, 1.807) is 0 Å². The van der Waals surface area contributed by atoms with E-state index in [-0.39, 0.29) is 10.8 Å². The van der Waals surface area contributed by atoms with Gasteiger partial charge < -0.3 is 5.11 Å². The lowest BCUT2D eigenvalue weighted by Crippen LogP contribution is -2.17. The molecular weight excluding hydrogens is 216 g/mol. The lowest BCUT2D eigenvalue weighted by molar-refractivity contribution is 0.422. The van der Waals surface area contributed by atoms with Gasteiger partial charge in [-0.1, -0.05) is 54.2 Å². The van der Waals surface area contributed by atoms with Crippen LogP contribution in [0.4, 0.5) is 0 Å². The number of benzene rings is 1. The van der Waals surface area contributed by atoms with Crippen molar-refractivity contribution in [3.8, 4) is 5.75 Å². The van der Waals surface area contributed by atoms with E-state index in [0.717, 1.165) is 16.0 Å². The summed E-state index contributed by atoms with van der Waals surface area (Å²) in [6.45, 7) is 12.5. The average molecular weight is 237 g/mol. The van der Waals surface area contributed by atoms with Gasteiger partial charge in [0, 0.05) is 16.0 Å². The predicted octanol–water partition coefficient (Wildman–Crippen LogP) is 4.54. The zero-order valence-electron chi connectivity index (χ0n) is 11.0. The molecule has 0 bridgehead atoms. The van der Waals surface area contributed by atoms with E-state index in [4.69, 9.17) is 12.6 Å². The second-order valence-corrected chi connectivity index (χ2v) is 6.84. The first-order chi connectivity index (χ1) is 7.03. The van der Waals surface area contributed by atoms with Crippen LogP contribution in [0.3, 0.4) is 0 Å². The summed E-state index contributed by atoms with van der Waals surface area (Å²) >= 11 is 5.27. The number of hydrogen-bond acceptors (Lipinski definition) is 1. The summed E-state index contributed by atoms with van der Waals surface area (Å²) in [6, 6.07) is 3.81. The monoisotopic (exact) mass is 237 g/mol. The minimum Gasteiger partial charge on any atom is -0.507 e. The summed E-state index contributed by atoms with van der Waals surface area (Å²) in [7, 11) is 0. The first-order valence-corrected chi connectivity index (χ1v) is 5.99. The van der Waals surface area contributed by atoms with Gasteiger partial charge in [0.1, 0.15) is 5.75 Å². The SMILES string of the molecule is CC(C)(C)c1cc([S])cc(C(C)(C)C)c1O. The van der Waals surface area contributed by atoms with Crippen LogP contribution >= 0.6 is 12.6 Å². The lowest BCUT2D eigenvalue weighted by atomic mass is 9.79. The molecule has 0 saturated carbocycles. The van der Waals surface area contributed by atoms with Crippen molar-refractivity contribution in [3.63, 3.8) is 0 Å². The Kier molecular flexibility index (Phi) is 3.26. The number of phenolic OH excluding ortho intramolecular Hbond substituents is 1. The molecule has 0 fully saturated rings. The molecule has 0 aliphatic carbocycles. The molecule has 1 nitrogen and oxygen atoms in total. The van der Waals surface area contributed by atoms with E-state index >= 15 is 0 Å². The third-order valence-corrected chi connectivity index (χ3v) is 2.94. The summed E-state index contributed by atoms with van der Waals surface area (Å²) in [5.74, 6) is 0.397. The maximum absolute atomic E-state index is 10.3. The van der Waals surface area contributed by atoms with Crippen LogP contribution in [0.5, 0.6) is 5.75 Å². The van der Waals surface area contributed by atoms with Crippen molar-refractivity contribution in [2.24, 2.45) is 0 Å². The Labute approximate surface area is 104 Å². The van der Waals surface area contributed by atoms with Gasteiger partial charge in [0.15, 0.2) is 0 Å². The largest absolute Gasteiger partial charge is 0.507 e. The molecule has 1 rings (SSSR count). The fourth-order valence-electron chi connectivity index (χ4n) is 1.75. The van der Waals surface area contributed by atoms with E-state index in [0.29, 0.717) is 5.75 Å². The molecule has 0 saturated heterocycles. The van der Waals surface area contributed by atoms with Crippen molar-refractivity contribution in [3.05, 3.63) is 23.3 Å². The third-order valence-electron chi connectivity index (χ3n) is 2.70. The van der Waals surface area contributed by atoms with Crippen LogP contribution in [-0.2, 0) is 10.8 Å². The van der Waals surface area contributed by atoms with E-state index < -0.39 is 0 Å². The van der Waals surface area contributed by atoms with Crippen molar-refractivity contribution >= 4 is 12.6 Å². The highest BCUT2D eigenvalue weighted by Crippen LogP contribution is 2.40. The Morgan fingerprint density at radius 2 is 1.19 bits per heavy atom. The molecule has 1 aromatic carbocycles. The summed E-state index contributed by atoms with van der Waals surface area (Å²) in [4.78, 5) is 0.799. The van der Waals surface area contributed by atoms with Gasteiger partial charge in [0.2, 0.25) is 0 Å². The molecule has 89 valence electrons. The van der Waals surface area contributed by atoms with Crippen LogP contribution in [0.2, 0.25) is 0 Å². The van der Waals surface area contributed by atoms with Crippen molar-refractivity contribution in [2.75, 3.05) is 0 Å². The summed E-state index contributed by atoms with van der Waals surface area (Å²) < 4.78 is 0. The number of phenols is 1. The molecule has 0 heterocycles. The number of hydrogen-bond donors (Lipinski definition) is 1. The standard InChI is InChI=1S/C14H21OS/c1-13(2,3)10-7-9(16)8-11(12(10)15)14(4,5)6/h7-8,15H,1-6H3. The van der Waals surface area contributed by atoms with Crippen molar-refractivity contribution in [2.45, 2.75) is 57.3 Å². The van der Waals surface area contributed by atoms with Crippen LogP contribution in [0, 0.1) is 0 Å². The minimum absolute atomic E-state index is 0.0844. The maximum Gasteiger partial charge on any atom is 0.123 e. The predicted molar refractivity (Wildman–Crippen MR) is 71.4 cm³/mol. The van der Waals surface area contributed by atoms with Crippen LogP contribution in [0.15, 0.2) is 17.0 Å². The van der Waals surface area contributed by atoms with E-state index in [1.807, 2.05) is 12.1 Å². The topological polar surface area (TPSA) is 20.2 Å². The summed E-state index contributed by atoms with van der Waals surface area (Å²) in [5.41, 5.74) is 1.70. The molecule has 1 aromatic rings. The van der Waals surface area contributed by atoms with Crippen LogP contribution in [0.1, 0.15) is 52.7 Å². The fourth-order valence-corrected chi connectivity index (χ4v) is 1.99. The van der Waals surface area contributed by atoms with E-state index in [9.17, 15) is 5.11 Å². The van der Waals surface area contributed by atoms with Crippen molar-refractivity contribution in [1.29, 1.82) is 0 Å². The van der Waals surface area contributed by atoms with Gasteiger partial charge in [-0.25, -0.2) is 0 Å². The molecule has 0 amide bonds. The first kappa shape index (κ1) is 13.3. The van der Waals surface area contributed by atoms with Gasteiger partial charge in [-0.05, 0) is 23.0 Å². The molecule has 0 aliphatic heterocycles. The van der Waals surface area contributed by atoms with Gasteiger partial charge in [-0.15, -0.1) is 0 Å². The molecule has 0 aromatic heterocycles. The first-order valence-electron chi connectivity index (χ1n) is 5.58. The fraction of sp³-hybridized carbons (Fsp3) is 0.571. The highest BCUT2D eigenvalue weighted by Gasteiger charge is 2.26. The minimum atomic E-state index is -0.0844. The molecular formula is C14H21OS. The van der Waals surface area contributed by atoms with Gasteiger partial charge in [-0.3, -0.25) is 0 Å². The average Bonchev–Trinajstić information content (AvgIpc) is 2.04. The second-order valence-electron chi connectivity index (χ2n) is 6.37. The Hall–Kier alpha value is -0.760. The molecule has 1 radical (unpaired) electrons. The van der Waals surface area contributed by atoms with Crippen molar-refractivity contribution in [1.82, 2.24) is 0 Å². The maximum atomic E-state index is 10.3. The zero-order valence-corrected chi connectivity index (χ0v) is 11.8. The normalized spacial score (nSPS) is 12.9. The van der Waals surface area contributed by atoms with Crippen molar-refractivity contribution < 1.29 is 5.11 Å². The third kappa shape index (κ3) is 2.67. The Morgan fingerprint density at radius 1 is 0.875 bits per heavy atom. The zero-order chi connectivity index (χ0) is 12.7. The lowest BCUT2D eigenvalue weighted by Gasteiger charge is -2.27. The summed E-state index contributed by atoms with van der Waals surface area (Å²) in [6.07, 6.45) is 0. The molecule has 0 spiro atoms. The Morgan fingerprint density at radius 3 is 1.44 bits per heavy atom. The highest BCUT2D eigenvalue weighted by molar-refractivity contribution is 7.80. The van der Waals surface area contributed by atoms with Crippen LogP contribution in [-0.4, -0.2) is 5.11 Å². The van der Waals surface area contributed by atoms with E-state index in [2.05, 4.69) is 41.5 Å². The molecule has 1 N–H and O–H groups in total. The smallest absolute Gasteiger partial charge is 0.123 e. The Bertz CT molecular complexity index is 359. The second kappa shape index (κ2) is 3.92. The molecule has 0 atom stereocenters. The molecule has 0 aliphatic rings. The van der Waals surface area contributed by atoms with Crippen LogP contribution < -0.4 is 0 Å². The summed E-state index contributed by atoms with van der Waals surface area (Å²) in [5, 5.41) is 10.3.